The van der Waals surface area contributed by atoms with E-state index in [9.17, 15) is 4.79 Å². The lowest BCUT2D eigenvalue weighted by atomic mass is 10.2. The fraction of sp³-hybridized carbons (Fsp3) is 0.917. The molecule has 0 spiro atoms. The Bertz CT molecular complexity index is 273. The van der Waals surface area contributed by atoms with Gasteiger partial charge in [0.1, 0.15) is 5.60 Å². The minimum atomic E-state index is -0.412. The van der Waals surface area contributed by atoms with Crippen LogP contribution in [0.3, 0.4) is 0 Å². The van der Waals surface area contributed by atoms with E-state index in [-0.39, 0.29) is 11.8 Å². The Labute approximate surface area is 97.3 Å². The molecule has 4 heteroatoms. The quantitative estimate of drug-likeness (QED) is 0.784. The maximum absolute atomic E-state index is 11.7. The highest BCUT2D eigenvalue weighted by Gasteiger charge is 2.50. The van der Waals surface area contributed by atoms with Gasteiger partial charge in [0.15, 0.2) is 0 Å². The first kappa shape index (κ1) is 11.7. The van der Waals surface area contributed by atoms with Gasteiger partial charge in [0.05, 0.1) is 5.66 Å². The van der Waals surface area contributed by atoms with Crippen molar-refractivity contribution in [3.63, 3.8) is 0 Å². The number of carbonyl (C=O) groups excluding carboxylic acids is 1. The zero-order valence-corrected chi connectivity index (χ0v) is 10.5. The lowest BCUT2D eigenvalue weighted by molar-refractivity contribution is 0.0409. The number of hydrogen-bond acceptors (Lipinski definition) is 3. The minimum Gasteiger partial charge on any atom is -0.444 e. The van der Waals surface area contributed by atoms with Crippen molar-refractivity contribution in [2.45, 2.75) is 57.7 Å². The number of nitrogens with zero attached hydrogens (tertiary/aromatic N) is 1. The van der Waals surface area contributed by atoms with Crippen LogP contribution in [0.1, 0.15) is 46.5 Å². The van der Waals surface area contributed by atoms with Crippen LogP contribution >= 0.6 is 0 Å². The Hall–Kier alpha value is -0.770. The summed E-state index contributed by atoms with van der Waals surface area (Å²) in [6, 6.07) is 0. The molecule has 0 aromatic heterocycles. The van der Waals surface area contributed by atoms with Gasteiger partial charge in [-0.25, -0.2) is 4.79 Å². The van der Waals surface area contributed by atoms with Crippen molar-refractivity contribution in [1.29, 1.82) is 0 Å². The summed E-state index contributed by atoms with van der Waals surface area (Å²) in [7, 11) is 0. The molecule has 2 fully saturated rings. The van der Waals surface area contributed by atoms with Gasteiger partial charge in [-0.05, 0) is 46.5 Å². The number of likely N-dealkylation sites (tertiary alicyclic amines) is 1. The van der Waals surface area contributed by atoms with Crippen LogP contribution in [-0.4, -0.2) is 35.3 Å². The van der Waals surface area contributed by atoms with Gasteiger partial charge in [0.2, 0.25) is 0 Å². The fourth-order valence-electron chi connectivity index (χ4n) is 2.28. The molecule has 1 N–H and O–H groups in total. The van der Waals surface area contributed by atoms with Gasteiger partial charge in [-0.1, -0.05) is 0 Å². The van der Waals surface area contributed by atoms with E-state index in [2.05, 4.69) is 10.2 Å². The van der Waals surface area contributed by atoms with Crippen molar-refractivity contribution in [2.75, 3.05) is 13.1 Å². The molecule has 0 unspecified atom stereocenters. The molecule has 1 heterocycles. The molecular weight excluding hydrogens is 204 g/mol. The third-order valence-corrected chi connectivity index (χ3v) is 3.17. The Morgan fingerprint density at radius 3 is 2.25 bits per heavy atom. The van der Waals surface area contributed by atoms with E-state index in [1.165, 1.54) is 12.8 Å². The molecule has 2 rings (SSSR count). The molecule has 0 aromatic carbocycles. The summed E-state index contributed by atoms with van der Waals surface area (Å²) in [4.78, 5) is 14.1. The third-order valence-electron chi connectivity index (χ3n) is 3.17. The summed E-state index contributed by atoms with van der Waals surface area (Å²) < 4.78 is 5.30. The number of rotatable bonds is 2. The van der Waals surface area contributed by atoms with Crippen LogP contribution in [0.2, 0.25) is 0 Å². The first-order valence-electron chi connectivity index (χ1n) is 6.18. The maximum Gasteiger partial charge on any atom is 0.409 e. The van der Waals surface area contributed by atoms with Crippen LogP contribution in [0.4, 0.5) is 4.79 Å². The molecule has 1 saturated carbocycles. The molecule has 0 aromatic rings. The normalized spacial score (nSPS) is 24.2. The summed E-state index contributed by atoms with van der Waals surface area (Å²) in [6.45, 7) is 7.89. The molecule has 1 aliphatic heterocycles. The molecule has 2 aliphatic rings. The van der Waals surface area contributed by atoms with Gasteiger partial charge in [-0.2, -0.15) is 0 Å². The van der Waals surface area contributed by atoms with Crippen LogP contribution < -0.4 is 5.32 Å². The molecule has 92 valence electrons. The second-order valence-corrected chi connectivity index (χ2v) is 5.85. The van der Waals surface area contributed by atoms with Crippen LogP contribution in [0.25, 0.3) is 0 Å². The van der Waals surface area contributed by atoms with E-state index in [1.54, 1.807) is 0 Å². The summed E-state index contributed by atoms with van der Waals surface area (Å²) in [6.07, 6.45) is 4.34. The van der Waals surface area contributed by atoms with E-state index in [1.807, 2.05) is 20.8 Å². The number of carbonyl (C=O) groups is 1. The van der Waals surface area contributed by atoms with Crippen LogP contribution in [0.15, 0.2) is 0 Å². The highest BCUT2D eigenvalue weighted by atomic mass is 16.6. The van der Waals surface area contributed by atoms with E-state index in [0.29, 0.717) is 0 Å². The zero-order chi connectivity index (χ0) is 11.8. The van der Waals surface area contributed by atoms with E-state index < -0.39 is 5.60 Å². The molecule has 0 radical (unpaired) electrons. The summed E-state index contributed by atoms with van der Waals surface area (Å²) in [5.41, 5.74) is -0.482. The Balaban J connectivity index is 1.86. The molecule has 16 heavy (non-hydrogen) atoms. The van der Waals surface area contributed by atoms with Gasteiger partial charge in [-0.15, -0.1) is 0 Å². The highest BCUT2D eigenvalue weighted by molar-refractivity contribution is 5.69. The lowest BCUT2D eigenvalue weighted by Crippen LogP contribution is -2.50. The topological polar surface area (TPSA) is 41.6 Å². The van der Waals surface area contributed by atoms with Crippen LogP contribution in [0.5, 0.6) is 0 Å². The van der Waals surface area contributed by atoms with Crippen molar-refractivity contribution in [1.82, 2.24) is 10.2 Å². The van der Waals surface area contributed by atoms with Crippen LogP contribution in [0, 0.1) is 0 Å². The Morgan fingerprint density at radius 2 is 1.81 bits per heavy atom. The fourth-order valence-corrected chi connectivity index (χ4v) is 2.28. The van der Waals surface area contributed by atoms with Crippen LogP contribution in [-0.2, 0) is 4.74 Å². The first-order chi connectivity index (χ1) is 7.41. The van der Waals surface area contributed by atoms with Crippen molar-refractivity contribution in [3.05, 3.63) is 0 Å². The SMILES string of the molecule is CC(C)(C)OC(=O)NC1(N2CCCC2)CC1. The van der Waals surface area contributed by atoms with Gasteiger partial charge in [0.25, 0.3) is 0 Å². The number of amides is 1. The maximum atomic E-state index is 11.7. The summed E-state index contributed by atoms with van der Waals surface area (Å²) in [5.74, 6) is 0. The minimum absolute atomic E-state index is 0.0706. The molecule has 0 atom stereocenters. The smallest absolute Gasteiger partial charge is 0.409 e. The largest absolute Gasteiger partial charge is 0.444 e. The number of alkyl carbamates (subject to hydrolysis) is 1. The number of hydrogen-bond donors (Lipinski definition) is 1. The number of ether oxygens (including phenoxy) is 1. The van der Waals surface area contributed by atoms with Crippen molar-refractivity contribution in [3.8, 4) is 0 Å². The highest BCUT2D eigenvalue weighted by Crippen LogP contribution is 2.41. The molecule has 1 saturated heterocycles. The van der Waals surface area contributed by atoms with Crippen molar-refractivity contribution >= 4 is 6.09 Å². The van der Waals surface area contributed by atoms with Gasteiger partial charge < -0.3 is 10.1 Å². The first-order valence-corrected chi connectivity index (χ1v) is 6.18. The van der Waals surface area contributed by atoms with Crippen molar-refractivity contribution < 1.29 is 9.53 Å². The second-order valence-electron chi connectivity index (χ2n) is 5.85. The van der Waals surface area contributed by atoms with Gasteiger partial charge in [-0.3, -0.25) is 4.90 Å². The number of nitrogens with one attached hydrogen (secondary N) is 1. The molecule has 4 nitrogen and oxygen atoms in total. The standard InChI is InChI=1S/C12H22N2O2/c1-11(2,3)16-10(15)13-12(6-7-12)14-8-4-5-9-14/h4-9H2,1-3H3,(H,13,15). The third kappa shape index (κ3) is 2.67. The predicted molar refractivity (Wildman–Crippen MR) is 62.1 cm³/mol. The summed E-state index contributed by atoms with van der Waals surface area (Å²) in [5, 5.41) is 3.03. The molecule has 1 amide bonds. The summed E-state index contributed by atoms with van der Waals surface area (Å²) >= 11 is 0. The van der Waals surface area contributed by atoms with Crippen molar-refractivity contribution in [2.24, 2.45) is 0 Å². The lowest BCUT2D eigenvalue weighted by Gasteiger charge is -2.29. The molecule has 1 aliphatic carbocycles. The van der Waals surface area contributed by atoms with Gasteiger partial charge >= 0.3 is 6.09 Å². The monoisotopic (exact) mass is 226 g/mol. The van der Waals surface area contributed by atoms with E-state index >= 15 is 0 Å². The molecule has 0 bridgehead atoms. The average Bonchev–Trinajstić information content (AvgIpc) is 2.71. The van der Waals surface area contributed by atoms with E-state index in [0.717, 1.165) is 25.9 Å². The predicted octanol–water partition coefficient (Wildman–Crippen LogP) is 2.10. The van der Waals surface area contributed by atoms with Gasteiger partial charge in [0, 0.05) is 13.1 Å². The van der Waals surface area contributed by atoms with E-state index in [4.69, 9.17) is 4.74 Å². The second kappa shape index (κ2) is 3.91. The zero-order valence-electron chi connectivity index (χ0n) is 10.5. The Kier molecular flexibility index (Phi) is 2.86. The molecular formula is C12H22N2O2. The average molecular weight is 226 g/mol. The Morgan fingerprint density at radius 1 is 1.25 bits per heavy atom.